The fourth-order valence-electron chi connectivity index (χ4n) is 3.85. The molecular formula is C22H25N3O2S. The lowest BCUT2D eigenvalue weighted by atomic mass is 9.94. The van der Waals surface area contributed by atoms with Crippen LogP contribution in [0.4, 0.5) is 0 Å². The van der Waals surface area contributed by atoms with E-state index in [0.717, 1.165) is 48.7 Å². The van der Waals surface area contributed by atoms with Crippen molar-refractivity contribution in [3.8, 4) is 16.3 Å². The summed E-state index contributed by atoms with van der Waals surface area (Å²) in [4.78, 5) is 16.4. The predicted octanol–water partition coefficient (Wildman–Crippen LogP) is 4.57. The van der Waals surface area contributed by atoms with Gasteiger partial charge >= 0.3 is 0 Å². The first-order chi connectivity index (χ1) is 13.7. The van der Waals surface area contributed by atoms with Crippen LogP contribution >= 0.6 is 11.3 Å². The summed E-state index contributed by atoms with van der Waals surface area (Å²) in [6.07, 6.45) is 3.27. The third-order valence-electron chi connectivity index (χ3n) is 5.42. The third kappa shape index (κ3) is 3.83. The lowest BCUT2D eigenvalue weighted by Crippen LogP contribution is -2.35. The molecule has 1 fully saturated rings. The van der Waals surface area contributed by atoms with E-state index in [0.29, 0.717) is 11.6 Å². The van der Waals surface area contributed by atoms with Crippen LogP contribution < -0.4 is 4.74 Å². The average Bonchev–Trinajstić information content (AvgIpc) is 3.31. The average molecular weight is 396 g/mol. The highest BCUT2D eigenvalue weighted by atomic mass is 32.1. The Labute approximate surface area is 169 Å². The molecule has 1 aliphatic rings. The maximum atomic E-state index is 13.3. The van der Waals surface area contributed by atoms with Gasteiger partial charge in [-0.15, -0.1) is 11.3 Å². The summed E-state index contributed by atoms with van der Waals surface area (Å²) in [6.45, 7) is 1.54. The van der Waals surface area contributed by atoms with Crippen molar-refractivity contribution in [2.24, 2.45) is 7.05 Å². The Bertz CT molecular complexity index is 931. The molecule has 1 unspecified atom stereocenters. The molecule has 0 aliphatic carbocycles. The largest absolute Gasteiger partial charge is 0.497 e. The first-order valence-electron chi connectivity index (χ1n) is 9.67. The number of hydrogen-bond acceptors (Lipinski definition) is 4. The van der Waals surface area contributed by atoms with Crippen LogP contribution in [0.2, 0.25) is 0 Å². The molecule has 1 aromatic carbocycles. The van der Waals surface area contributed by atoms with Crippen LogP contribution in [0.25, 0.3) is 10.6 Å². The number of benzene rings is 1. The number of thiophene rings is 1. The molecular weight excluding hydrogens is 370 g/mol. The molecule has 0 N–H and O–H groups in total. The van der Waals surface area contributed by atoms with E-state index in [1.54, 1.807) is 23.1 Å². The molecule has 0 spiro atoms. The van der Waals surface area contributed by atoms with E-state index in [9.17, 15) is 4.79 Å². The highest BCUT2D eigenvalue weighted by Gasteiger charge is 2.26. The van der Waals surface area contributed by atoms with E-state index >= 15 is 0 Å². The van der Waals surface area contributed by atoms with Gasteiger partial charge in [0.05, 0.1) is 12.0 Å². The summed E-state index contributed by atoms with van der Waals surface area (Å²) < 4.78 is 6.98. The Morgan fingerprint density at radius 2 is 2.04 bits per heavy atom. The maximum absolute atomic E-state index is 13.3. The number of carbonyl (C=O) groups is 1. The second kappa shape index (κ2) is 8.19. The number of hydrogen-bond donors (Lipinski definition) is 0. The molecule has 146 valence electrons. The van der Waals surface area contributed by atoms with Crippen molar-refractivity contribution in [1.29, 1.82) is 0 Å². The van der Waals surface area contributed by atoms with Gasteiger partial charge in [0, 0.05) is 26.1 Å². The summed E-state index contributed by atoms with van der Waals surface area (Å²) in [6, 6.07) is 14.2. The Kier molecular flexibility index (Phi) is 5.48. The highest BCUT2D eigenvalue weighted by Crippen LogP contribution is 2.29. The van der Waals surface area contributed by atoms with E-state index in [4.69, 9.17) is 4.74 Å². The number of aromatic nitrogens is 2. The summed E-state index contributed by atoms with van der Waals surface area (Å²) in [5.74, 6) is 1.28. The van der Waals surface area contributed by atoms with Gasteiger partial charge in [-0.25, -0.2) is 0 Å². The molecule has 2 aromatic heterocycles. The standard InChI is InChI=1S/C22H25N3O2S/c1-24-20(14-19(23-24)21-7-5-13-28-21)22(26)25-12-4-3-6-17(15-25)16-8-10-18(27-2)11-9-16/h5,7-11,13-14,17H,3-4,6,12,15H2,1-2H3. The van der Waals surface area contributed by atoms with Crippen molar-refractivity contribution in [3.05, 3.63) is 59.1 Å². The summed E-state index contributed by atoms with van der Waals surface area (Å²) in [7, 11) is 3.53. The molecule has 1 aliphatic heterocycles. The zero-order valence-electron chi connectivity index (χ0n) is 16.3. The van der Waals surface area contributed by atoms with Crippen molar-refractivity contribution < 1.29 is 9.53 Å². The zero-order chi connectivity index (χ0) is 19.5. The molecule has 1 atom stereocenters. The second-order valence-electron chi connectivity index (χ2n) is 7.23. The number of aryl methyl sites for hydroxylation is 1. The minimum atomic E-state index is 0.0678. The van der Waals surface area contributed by atoms with Gasteiger partial charge in [-0.05, 0) is 48.1 Å². The summed E-state index contributed by atoms with van der Waals surface area (Å²) in [5, 5.41) is 6.58. The van der Waals surface area contributed by atoms with Crippen molar-refractivity contribution in [2.45, 2.75) is 25.2 Å². The summed E-state index contributed by atoms with van der Waals surface area (Å²) in [5.41, 5.74) is 2.78. The van der Waals surface area contributed by atoms with E-state index in [-0.39, 0.29) is 5.91 Å². The molecule has 1 amide bonds. The molecule has 0 bridgehead atoms. The lowest BCUT2D eigenvalue weighted by molar-refractivity contribution is 0.0743. The van der Waals surface area contributed by atoms with E-state index in [1.807, 2.05) is 47.7 Å². The van der Waals surface area contributed by atoms with Crippen LogP contribution in [0.5, 0.6) is 5.75 Å². The number of nitrogens with zero attached hydrogens (tertiary/aromatic N) is 3. The topological polar surface area (TPSA) is 47.4 Å². The van der Waals surface area contributed by atoms with E-state index < -0.39 is 0 Å². The molecule has 1 saturated heterocycles. The number of rotatable bonds is 4. The van der Waals surface area contributed by atoms with Gasteiger partial charge < -0.3 is 9.64 Å². The van der Waals surface area contributed by atoms with Gasteiger partial charge in [0.1, 0.15) is 17.1 Å². The fourth-order valence-corrected chi connectivity index (χ4v) is 4.53. The molecule has 28 heavy (non-hydrogen) atoms. The molecule has 0 saturated carbocycles. The van der Waals surface area contributed by atoms with Crippen LogP contribution in [-0.2, 0) is 7.05 Å². The van der Waals surface area contributed by atoms with Crippen molar-refractivity contribution >= 4 is 17.2 Å². The van der Waals surface area contributed by atoms with Gasteiger partial charge in [-0.3, -0.25) is 9.48 Å². The Morgan fingerprint density at radius 1 is 1.21 bits per heavy atom. The van der Waals surface area contributed by atoms with Gasteiger partial charge in [-0.2, -0.15) is 5.10 Å². The van der Waals surface area contributed by atoms with Gasteiger partial charge in [0.15, 0.2) is 0 Å². The lowest BCUT2D eigenvalue weighted by Gasteiger charge is -2.25. The number of amides is 1. The highest BCUT2D eigenvalue weighted by molar-refractivity contribution is 7.13. The van der Waals surface area contributed by atoms with Crippen molar-refractivity contribution in [3.63, 3.8) is 0 Å². The molecule has 3 aromatic rings. The number of ether oxygens (including phenoxy) is 1. The first-order valence-corrected chi connectivity index (χ1v) is 10.5. The second-order valence-corrected chi connectivity index (χ2v) is 8.18. The fraction of sp³-hybridized carbons (Fsp3) is 0.364. The summed E-state index contributed by atoms with van der Waals surface area (Å²) >= 11 is 1.64. The molecule has 0 radical (unpaired) electrons. The normalized spacial score (nSPS) is 17.4. The predicted molar refractivity (Wildman–Crippen MR) is 112 cm³/mol. The number of carbonyl (C=O) groups excluding carboxylic acids is 1. The van der Waals surface area contributed by atoms with Crippen LogP contribution in [-0.4, -0.2) is 40.8 Å². The number of likely N-dealkylation sites (tertiary alicyclic amines) is 1. The van der Waals surface area contributed by atoms with Gasteiger partial charge in [0.25, 0.3) is 5.91 Å². The van der Waals surface area contributed by atoms with E-state index in [1.165, 1.54) is 5.56 Å². The van der Waals surface area contributed by atoms with Crippen LogP contribution in [0.1, 0.15) is 41.2 Å². The Hall–Kier alpha value is -2.60. The SMILES string of the molecule is COc1ccc(C2CCCCN(C(=O)c3cc(-c4cccs4)nn3C)C2)cc1. The zero-order valence-corrected chi connectivity index (χ0v) is 17.1. The molecule has 3 heterocycles. The molecule has 5 nitrogen and oxygen atoms in total. The quantitative estimate of drug-likeness (QED) is 0.650. The monoisotopic (exact) mass is 395 g/mol. The third-order valence-corrected chi connectivity index (χ3v) is 6.31. The van der Waals surface area contributed by atoms with Gasteiger partial charge in [0.2, 0.25) is 0 Å². The Morgan fingerprint density at radius 3 is 2.75 bits per heavy atom. The Balaban J connectivity index is 1.54. The van der Waals surface area contributed by atoms with Crippen molar-refractivity contribution in [2.75, 3.05) is 20.2 Å². The van der Waals surface area contributed by atoms with Crippen LogP contribution in [0.15, 0.2) is 47.8 Å². The minimum Gasteiger partial charge on any atom is -0.497 e. The smallest absolute Gasteiger partial charge is 0.272 e. The minimum absolute atomic E-state index is 0.0678. The van der Waals surface area contributed by atoms with E-state index in [2.05, 4.69) is 17.2 Å². The van der Waals surface area contributed by atoms with Gasteiger partial charge in [-0.1, -0.05) is 24.6 Å². The number of methoxy groups -OCH3 is 1. The van der Waals surface area contributed by atoms with Crippen LogP contribution in [0, 0.1) is 0 Å². The molecule has 4 rings (SSSR count). The van der Waals surface area contributed by atoms with Crippen molar-refractivity contribution in [1.82, 2.24) is 14.7 Å². The first kappa shape index (κ1) is 18.7. The maximum Gasteiger partial charge on any atom is 0.272 e. The van der Waals surface area contributed by atoms with Crippen LogP contribution in [0.3, 0.4) is 0 Å². The molecule has 6 heteroatoms.